The average molecular weight is 347 g/mol. The molecule has 1 saturated heterocycles. The summed E-state index contributed by atoms with van der Waals surface area (Å²) in [5.74, 6) is -0.00943. The Labute approximate surface area is 154 Å². The van der Waals surface area contributed by atoms with Crippen molar-refractivity contribution in [3.8, 4) is 0 Å². The van der Waals surface area contributed by atoms with Gasteiger partial charge in [-0.25, -0.2) is 0 Å². The molecule has 2 aromatic carbocycles. The van der Waals surface area contributed by atoms with E-state index in [-0.39, 0.29) is 11.9 Å². The number of aromatic nitrogens is 1. The van der Waals surface area contributed by atoms with E-state index in [1.807, 2.05) is 12.1 Å². The highest BCUT2D eigenvalue weighted by Crippen LogP contribution is 2.22. The van der Waals surface area contributed by atoms with Crippen LogP contribution in [0.15, 0.2) is 48.5 Å². The normalized spacial score (nSPS) is 17.7. The van der Waals surface area contributed by atoms with Crippen molar-refractivity contribution >= 4 is 16.8 Å². The minimum absolute atomic E-state index is 0.00943. The predicted molar refractivity (Wildman–Crippen MR) is 105 cm³/mol. The van der Waals surface area contributed by atoms with E-state index in [2.05, 4.69) is 65.4 Å². The molecule has 1 aliphatic heterocycles. The summed E-state index contributed by atoms with van der Waals surface area (Å²) in [6.07, 6.45) is 0.997. The highest BCUT2D eigenvalue weighted by molar-refractivity contribution is 5.99. The molecule has 0 unspecified atom stereocenters. The first-order valence-corrected chi connectivity index (χ1v) is 9.25. The van der Waals surface area contributed by atoms with Gasteiger partial charge in [0, 0.05) is 36.6 Å². The standard InChI is InChI=1S/C22H25N3O/c1-15-10-16(2)19-12-21(24-20(19)11-15)22(26)23-18-8-9-25(14-18)13-17-6-4-3-5-7-17/h3-7,10-12,18,24H,8-9,13-14H2,1-2H3,(H,23,26)/t18-/m0/s1. The maximum atomic E-state index is 12.7. The van der Waals surface area contributed by atoms with E-state index >= 15 is 0 Å². The quantitative estimate of drug-likeness (QED) is 0.754. The fourth-order valence-electron chi connectivity index (χ4n) is 3.92. The van der Waals surface area contributed by atoms with Gasteiger partial charge in [0.1, 0.15) is 5.69 Å². The third-order valence-electron chi connectivity index (χ3n) is 5.19. The number of benzene rings is 2. The fraction of sp³-hybridized carbons (Fsp3) is 0.318. The molecule has 1 aromatic heterocycles. The second-order valence-electron chi connectivity index (χ2n) is 7.41. The molecule has 0 aliphatic carbocycles. The van der Waals surface area contributed by atoms with Crippen LogP contribution in [0.5, 0.6) is 0 Å². The minimum atomic E-state index is -0.00943. The molecule has 1 atom stereocenters. The van der Waals surface area contributed by atoms with Gasteiger partial charge in [0.15, 0.2) is 0 Å². The first kappa shape index (κ1) is 16.9. The number of aromatic amines is 1. The van der Waals surface area contributed by atoms with Crippen LogP contribution in [0.25, 0.3) is 10.9 Å². The second-order valence-corrected chi connectivity index (χ2v) is 7.41. The number of carbonyl (C=O) groups is 1. The summed E-state index contributed by atoms with van der Waals surface area (Å²) < 4.78 is 0. The molecule has 1 fully saturated rings. The van der Waals surface area contributed by atoms with Crippen molar-refractivity contribution in [2.45, 2.75) is 32.9 Å². The monoisotopic (exact) mass is 347 g/mol. The fourth-order valence-corrected chi connectivity index (χ4v) is 3.92. The summed E-state index contributed by atoms with van der Waals surface area (Å²) in [4.78, 5) is 18.3. The van der Waals surface area contributed by atoms with Gasteiger partial charge in [-0.05, 0) is 49.1 Å². The van der Waals surface area contributed by atoms with Crippen LogP contribution in [0, 0.1) is 13.8 Å². The van der Waals surface area contributed by atoms with Gasteiger partial charge in [0.25, 0.3) is 5.91 Å². The number of H-pyrrole nitrogens is 1. The number of amides is 1. The lowest BCUT2D eigenvalue weighted by atomic mass is 10.1. The van der Waals surface area contributed by atoms with Gasteiger partial charge in [-0.3, -0.25) is 9.69 Å². The van der Waals surface area contributed by atoms with Crippen LogP contribution in [0.1, 0.15) is 33.6 Å². The van der Waals surface area contributed by atoms with E-state index < -0.39 is 0 Å². The molecule has 0 saturated carbocycles. The van der Waals surface area contributed by atoms with Crippen LogP contribution in [0.4, 0.5) is 0 Å². The van der Waals surface area contributed by atoms with Crippen LogP contribution in [0.3, 0.4) is 0 Å². The Bertz CT molecular complexity index is 929. The van der Waals surface area contributed by atoms with Crippen molar-refractivity contribution < 1.29 is 4.79 Å². The number of nitrogens with zero attached hydrogens (tertiary/aromatic N) is 1. The Balaban J connectivity index is 1.40. The Kier molecular flexibility index (Phi) is 4.51. The number of aryl methyl sites for hydroxylation is 2. The van der Waals surface area contributed by atoms with Crippen molar-refractivity contribution in [2.24, 2.45) is 0 Å². The zero-order valence-electron chi connectivity index (χ0n) is 15.4. The number of hydrogen-bond acceptors (Lipinski definition) is 2. The molecule has 4 rings (SSSR count). The molecule has 4 nitrogen and oxygen atoms in total. The van der Waals surface area contributed by atoms with Crippen LogP contribution in [-0.2, 0) is 6.54 Å². The smallest absolute Gasteiger partial charge is 0.267 e. The molecule has 134 valence electrons. The zero-order valence-corrected chi connectivity index (χ0v) is 15.4. The Morgan fingerprint density at radius 1 is 1.19 bits per heavy atom. The molecule has 0 spiro atoms. The maximum absolute atomic E-state index is 12.7. The molecule has 2 N–H and O–H groups in total. The first-order chi connectivity index (χ1) is 12.6. The summed E-state index contributed by atoms with van der Waals surface area (Å²) >= 11 is 0. The molecular formula is C22H25N3O. The van der Waals surface area contributed by atoms with Crippen LogP contribution in [-0.4, -0.2) is 34.9 Å². The Morgan fingerprint density at radius 2 is 2.00 bits per heavy atom. The predicted octanol–water partition coefficient (Wildman–Crippen LogP) is 3.79. The summed E-state index contributed by atoms with van der Waals surface area (Å²) in [7, 11) is 0. The van der Waals surface area contributed by atoms with Gasteiger partial charge in [0.2, 0.25) is 0 Å². The van der Waals surface area contributed by atoms with Gasteiger partial charge in [-0.2, -0.15) is 0 Å². The average Bonchev–Trinajstić information content (AvgIpc) is 3.23. The molecule has 1 amide bonds. The third-order valence-corrected chi connectivity index (χ3v) is 5.19. The van der Waals surface area contributed by atoms with Gasteiger partial charge in [0.05, 0.1) is 0 Å². The molecule has 0 radical (unpaired) electrons. The molecule has 1 aliphatic rings. The SMILES string of the molecule is Cc1cc(C)c2cc(C(=O)N[C@H]3CCN(Cc4ccccc4)C3)[nH]c2c1. The highest BCUT2D eigenvalue weighted by atomic mass is 16.2. The van der Waals surface area contributed by atoms with Gasteiger partial charge in [-0.15, -0.1) is 0 Å². The zero-order chi connectivity index (χ0) is 18.1. The van der Waals surface area contributed by atoms with Crippen LogP contribution >= 0.6 is 0 Å². The summed E-state index contributed by atoms with van der Waals surface area (Å²) in [5, 5.41) is 4.32. The lowest BCUT2D eigenvalue weighted by molar-refractivity contribution is 0.0933. The van der Waals surface area contributed by atoms with Crippen molar-refractivity contribution in [3.05, 3.63) is 70.9 Å². The Hall–Kier alpha value is -2.59. The molecule has 3 aromatic rings. The minimum Gasteiger partial charge on any atom is -0.351 e. The van der Waals surface area contributed by atoms with E-state index in [1.54, 1.807) is 0 Å². The molecule has 2 heterocycles. The van der Waals surface area contributed by atoms with Crippen LogP contribution in [0.2, 0.25) is 0 Å². The number of fused-ring (bicyclic) bond motifs is 1. The molecular weight excluding hydrogens is 322 g/mol. The van der Waals surface area contributed by atoms with Crippen molar-refractivity contribution in [1.82, 2.24) is 15.2 Å². The van der Waals surface area contributed by atoms with Crippen LogP contribution < -0.4 is 5.32 Å². The van der Waals surface area contributed by atoms with E-state index in [1.165, 1.54) is 16.7 Å². The Morgan fingerprint density at radius 3 is 2.81 bits per heavy atom. The van der Waals surface area contributed by atoms with Gasteiger partial charge in [-0.1, -0.05) is 36.4 Å². The molecule has 0 bridgehead atoms. The number of hydrogen-bond donors (Lipinski definition) is 2. The molecule has 4 heteroatoms. The van der Waals surface area contributed by atoms with Crippen molar-refractivity contribution in [1.29, 1.82) is 0 Å². The number of carbonyl (C=O) groups excluding carboxylic acids is 1. The maximum Gasteiger partial charge on any atom is 0.267 e. The summed E-state index contributed by atoms with van der Waals surface area (Å²) in [6, 6.07) is 16.9. The lowest BCUT2D eigenvalue weighted by Gasteiger charge is -2.16. The van der Waals surface area contributed by atoms with E-state index in [0.717, 1.165) is 37.0 Å². The highest BCUT2D eigenvalue weighted by Gasteiger charge is 2.24. The van der Waals surface area contributed by atoms with Gasteiger partial charge >= 0.3 is 0 Å². The summed E-state index contributed by atoms with van der Waals surface area (Å²) in [5.41, 5.74) is 5.40. The number of nitrogens with one attached hydrogen (secondary N) is 2. The topological polar surface area (TPSA) is 48.1 Å². The largest absolute Gasteiger partial charge is 0.351 e. The number of likely N-dealkylation sites (tertiary alicyclic amines) is 1. The second kappa shape index (κ2) is 6.96. The van der Waals surface area contributed by atoms with Gasteiger partial charge < -0.3 is 10.3 Å². The van der Waals surface area contributed by atoms with E-state index in [0.29, 0.717) is 5.69 Å². The third kappa shape index (κ3) is 3.51. The first-order valence-electron chi connectivity index (χ1n) is 9.25. The van der Waals surface area contributed by atoms with Crippen molar-refractivity contribution in [2.75, 3.05) is 13.1 Å². The number of rotatable bonds is 4. The van der Waals surface area contributed by atoms with E-state index in [4.69, 9.17) is 0 Å². The lowest BCUT2D eigenvalue weighted by Crippen LogP contribution is -2.37. The molecule has 26 heavy (non-hydrogen) atoms. The summed E-state index contributed by atoms with van der Waals surface area (Å²) in [6.45, 7) is 7.03. The van der Waals surface area contributed by atoms with Crippen molar-refractivity contribution in [3.63, 3.8) is 0 Å². The van der Waals surface area contributed by atoms with E-state index in [9.17, 15) is 4.79 Å².